The first-order valence-corrected chi connectivity index (χ1v) is 6.23. The Labute approximate surface area is 114 Å². The lowest BCUT2D eigenvalue weighted by Gasteiger charge is -2.16. The fourth-order valence-electron chi connectivity index (χ4n) is 1.86. The molecule has 0 spiro atoms. The molecule has 2 aromatic carbocycles. The van der Waals surface area contributed by atoms with Crippen LogP contribution in [0, 0.1) is 0 Å². The predicted octanol–water partition coefficient (Wildman–Crippen LogP) is 3.55. The average molecular weight is 257 g/mol. The van der Waals surface area contributed by atoms with E-state index >= 15 is 0 Å². The van der Waals surface area contributed by atoms with Gasteiger partial charge in [-0.25, -0.2) is 0 Å². The van der Waals surface area contributed by atoms with Gasteiger partial charge in [0.1, 0.15) is 17.2 Å². The van der Waals surface area contributed by atoms with E-state index in [2.05, 4.69) is 4.90 Å². The second-order valence-corrected chi connectivity index (χ2v) is 4.63. The molecule has 0 bridgehead atoms. The van der Waals surface area contributed by atoms with Crippen LogP contribution in [0.3, 0.4) is 0 Å². The standard InChI is InChI=1S/C16H19NO2/c1-17(2)12-13-11-15(18-3)9-10-16(13)19-14-7-5-4-6-8-14/h4-11H,12H2,1-3H3. The maximum atomic E-state index is 5.93. The molecule has 0 aliphatic heterocycles. The van der Waals surface area contributed by atoms with Crippen LogP contribution in [0.2, 0.25) is 0 Å². The van der Waals surface area contributed by atoms with Crippen LogP contribution >= 0.6 is 0 Å². The fourth-order valence-corrected chi connectivity index (χ4v) is 1.86. The summed E-state index contributed by atoms with van der Waals surface area (Å²) in [5.41, 5.74) is 1.10. The first-order valence-electron chi connectivity index (χ1n) is 6.23. The van der Waals surface area contributed by atoms with Gasteiger partial charge < -0.3 is 14.4 Å². The third kappa shape index (κ3) is 3.73. The molecule has 3 heteroatoms. The van der Waals surface area contributed by atoms with Crippen molar-refractivity contribution in [3.05, 3.63) is 54.1 Å². The maximum absolute atomic E-state index is 5.93. The highest BCUT2D eigenvalue weighted by molar-refractivity contribution is 5.42. The molecular formula is C16H19NO2. The molecule has 0 fully saturated rings. The molecule has 3 nitrogen and oxygen atoms in total. The summed E-state index contributed by atoms with van der Waals surface area (Å²) in [6, 6.07) is 15.7. The van der Waals surface area contributed by atoms with Crippen molar-refractivity contribution >= 4 is 0 Å². The van der Waals surface area contributed by atoms with Crippen LogP contribution in [0.1, 0.15) is 5.56 Å². The lowest BCUT2D eigenvalue weighted by molar-refractivity contribution is 0.382. The molecule has 2 aromatic rings. The Morgan fingerprint density at radius 1 is 0.947 bits per heavy atom. The monoisotopic (exact) mass is 257 g/mol. The highest BCUT2D eigenvalue weighted by Gasteiger charge is 2.08. The molecule has 19 heavy (non-hydrogen) atoms. The number of para-hydroxylation sites is 1. The van der Waals surface area contributed by atoms with Gasteiger partial charge in [0.2, 0.25) is 0 Å². The summed E-state index contributed by atoms with van der Waals surface area (Å²) in [6.45, 7) is 0.805. The number of hydrogen-bond donors (Lipinski definition) is 0. The van der Waals surface area contributed by atoms with Crippen molar-refractivity contribution in [1.29, 1.82) is 0 Å². The van der Waals surface area contributed by atoms with E-state index < -0.39 is 0 Å². The van der Waals surface area contributed by atoms with Crippen molar-refractivity contribution in [1.82, 2.24) is 4.90 Å². The Hall–Kier alpha value is -2.00. The molecule has 0 saturated heterocycles. The third-order valence-electron chi connectivity index (χ3n) is 2.73. The Morgan fingerprint density at radius 2 is 1.68 bits per heavy atom. The van der Waals surface area contributed by atoms with Crippen molar-refractivity contribution in [2.24, 2.45) is 0 Å². The summed E-state index contributed by atoms with van der Waals surface area (Å²) in [4.78, 5) is 2.10. The van der Waals surface area contributed by atoms with Gasteiger partial charge in [-0.2, -0.15) is 0 Å². The zero-order valence-electron chi connectivity index (χ0n) is 11.6. The van der Waals surface area contributed by atoms with E-state index in [0.717, 1.165) is 29.4 Å². The molecule has 2 rings (SSSR count). The van der Waals surface area contributed by atoms with Crippen LogP contribution in [-0.2, 0) is 6.54 Å². The zero-order chi connectivity index (χ0) is 13.7. The van der Waals surface area contributed by atoms with Crippen LogP contribution in [0.25, 0.3) is 0 Å². The van der Waals surface area contributed by atoms with Crippen LogP contribution in [0.15, 0.2) is 48.5 Å². The van der Waals surface area contributed by atoms with Gasteiger partial charge in [0.05, 0.1) is 7.11 Å². The minimum Gasteiger partial charge on any atom is -0.497 e. The lowest BCUT2D eigenvalue weighted by Crippen LogP contribution is -2.11. The largest absolute Gasteiger partial charge is 0.497 e. The second kappa shape index (κ2) is 6.25. The highest BCUT2D eigenvalue weighted by atomic mass is 16.5. The molecule has 0 aromatic heterocycles. The number of hydrogen-bond acceptors (Lipinski definition) is 3. The van der Waals surface area contributed by atoms with Crippen molar-refractivity contribution in [3.8, 4) is 17.2 Å². The summed E-state index contributed by atoms with van der Waals surface area (Å²) in [7, 11) is 5.74. The molecule has 0 unspecified atom stereocenters. The second-order valence-electron chi connectivity index (χ2n) is 4.63. The number of nitrogens with zero attached hydrogens (tertiary/aromatic N) is 1. The number of benzene rings is 2. The summed E-state index contributed by atoms with van der Waals surface area (Å²) in [5, 5.41) is 0. The van der Waals surface area contributed by atoms with Gasteiger partial charge in [0.15, 0.2) is 0 Å². The summed E-state index contributed by atoms with van der Waals surface area (Å²) < 4.78 is 11.2. The number of rotatable bonds is 5. The summed E-state index contributed by atoms with van der Waals surface area (Å²) in [6.07, 6.45) is 0. The lowest BCUT2D eigenvalue weighted by atomic mass is 10.1. The minimum atomic E-state index is 0.805. The molecule has 100 valence electrons. The van der Waals surface area contributed by atoms with Gasteiger partial charge in [-0.3, -0.25) is 0 Å². The van der Waals surface area contributed by atoms with Gasteiger partial charge in [0, 0.05) is 12.1 Å². The minimum absolute atomic E-state index is 0.805. The average Bonchev–Trinajstić information content (AvgIpc) is 2.41. The summed E-state index contributed by atoms with van der Waals surface area (Å²) in [5.74, 6) is 2.55. The molecule has 0 radical (unpaired) electrons. The third-order valence-corrected chi connectivity index (χ3v) is 2.73. The van der Waals surface area contributed by atoms with Crippen LogP contribution in [0.4, 0.5) is 0 Å². The Kier molecular flexibility index (Phi) is 4.42. The smallest absolute Gasteiger partial charge is 0.132 e. The predicted molar refractivity (Wildman–Crippen MR) is 76.9 cm³/mol. The molecule has 0 N–H and O–H groups in total. The Bertz CT molecular complexity index is 524. The molecule has 0 atom stereocenters. The van der Waals surface area contributed by atoms with Crippen LogP contribution < -0.4 is 9.47 Å². The zero-order valence-corrected chi connectivity index (χ0v) is 11.6. The van der Waals surface area contributed by atoms with E-state index in [9.17, 15) is 0 Å². The quantitative estimate of drug-likeness (QED) is 0.817. The van der Waals surface area contributed by atoms with E-state index in [-0.39, 0.29) is 0 Å². The normalized spacial score (nSPS) is 10.5. The van der Waals surface area contributed by atoms with E-state index in [1.54, 1.807) is 7.11 Å². The van der Waals surface area contributed by atoms with E-state index in [1.165, 1.54) is 0 Å². The van der Waals surface area contributed by atoms with Crippen LogP contribution in [-0.4, -0.2) is 26.1 Å². The number of ether oxygens (including phenoxy) is 2. The van der Waals surface area contributed by atoms with Crippen molar-refractivity contribution in [2.75, 3.05) is 21.2 Å². The highest BCUT2D eigenvalue weighted by Crippen LogP contribution is 2.29. The van der Waals surface area contributed by atoms with E-state index in [1.807, 2.05) is 62.6 Å². The van der Waals surface area contributed by atoms with Crippen molar-refractivity contribution in [2.45, 2.75) is 6.54 Å². The number of methoxy groups -OCH3 is 1. The van der Waals surface area contributed by atoms with Gasteiger partial charge >= 0.3 is 0 Å². The molecule has 0 aliphatic rings. The molecular weight excluding hydrogens is 238 g/mol. The fraction of sp³-hybridized carbons (Fsp3) is 0.250. The Balaban J connectivity index is 2.28. The van der Waals surface area contributed by atoms with Crippen molar-refractivity contribution in [3.63, 3.8) is 0 Å². The molecule has 0 amide bonds. The SMILES string of the molecule is COc1ccc(Oc2ccccc2)c(CN(C)C)c1. The van der Waals surface area contributed by atoms with Gasteiger partial charge in [-0.05, 0) is 44.4 Å². The van der Waals surface area contributed by atoms with Crippen molar-refractivity contribution < 1.29 is 9.47 Å². The van der Waals surface area contributed by atoms with E-state index in [0.29, 0.717) is 0 Å². The Morgan fingerprint density at radius 3 is 2.32 bits per heavy atom. The first-order chi connectivity index (χ1) is 9.19. The molecule has 0 heterocycles. The van der Waals surface area contributed by atoms with Gasteiger partial charge in [-0.1, -0.05) is 18.2 Å². The van der Waals surface area contributed by atoms with E-state index in [4.69, 9.17) is 9.47 Å². The molecule has 0 aliphatic carbocycles. The maximum Gasteiger partial charge on any atom is 0.132 e. The topological polar surface area (TPSA) is 21.7 Å². The first kappa shape index (κ1) is 13.4. The summed E-state index contributed by atoms with van der Waals surface area (Å²) >= 11 is 0. The van der Waals surface area contributed by atoms with Gasteiger partial charge in [-0.15, -0.1) is 0 Å². The molecule has 0 saturated carbocycles. The van der Waals surface area contributed by atoms with Crippen LogP contribution in [0.5, 0.6) is 17.2 Å². The van der Waals surface area contributed by atoms with Gasteiger partial charge in [0.25, 0.3) is 0 Å².